The molecule has 122 valence electrons. The fourth-order valence-electron chi connectivity index (χ4n) is 2.25. The highest BCUT2D eigenvalue weighted by molar-refractivity contribution is 5.90. The number of ether oxygens (including phenoxy) is 2. The molecular formula is C19H17NO4. The Bertz CT molecular complexity index is 840. The minimum Gasteiger partial charge on any atom is -0.490 e. The molecule has 2 aromatic carbocycles. The zero-order chi connectivity index (χ0) is 16.9. The lowest BCUT2D eigenvalue weighted by Crippen LogP contribution is -2.11. The van der Waals surface area contributed by atoms with Gasteiger partial charge >= 0.3 is 5.97 Å². The van der Waals surface area contributed by atoms with Gasteiger partial charge in [-0.1, -0.05) is 30.3 Å². The maximum absolute atomic E-state index is 12.4. The van der Waals surface area contributed by atoms with E-state index in [0.29, 0.717) is 29.8 Å². The van der Waals surface area contributed by atoms with Gasteiger partial charge in [0, 0.05) is 5.56 Å². The van der Waals surface area contributed by atoms with Crippen LogP contribution in [0.2, 0.25) is 0 Å². The molecule has 0 fully saturated rings. The average Bonchev–Trinajstić information content (AvgIpc) is 3.00. The molecule has 3 aromatic rings. The first kappa shape index (κ1) is 15.8. The number of hydrogen-bond donors (Lipinski definition) is 0. The van der Waals surface area contributed by atoms with Crippen molar-refractivity contribution in [3.8, 4) is 23.0 Å². The van der Waals surface area contributed by atoms with Gasteiger partial charge in [0.25, 0.3) is 0 Å². The Balaban J connectivity index is 1.85. The fourth-order valence-corrected chi connectivity index (χ4v) is 2.25. The lowest BCUT2D eigenvalue weighted by molar-refractivity contribution is 0.0721. The van der Waals surface area contributed by atoms with Crippen molar-refractivity contribution in [2.45, 2.75) is 13.8 Å². The van der Waals surface area contributed by atoms with Crippen LogP contribution in [0.4, 0.5) is 0 Å². The van der Waals surface area contributed by atoms with Crippen molar-refractivity contribution in [1.29, 1.82) is 0 Å². The van der Waals surface area contributed by atoms with Crippen LogP contribution in [0.15, 0.2) is 59.0 Å². The number of aryl methyl sites for hydroxylation is 1. The molecule has 1 aromatic heterocycles. The largest absolute Gasteiger partial charge is 0.490 e. The van der Waals surface area contributed by atoms with Crippen molar-refractivity contribution in [2.75, 3.05) is 6.61 Å². The van der Waals surface area contributed by atoms with Gasteiger partial charge < -0.3 is 13.9 Å². The summed E-state index contributed by atoms with van der Waals surface area (Å²) in [6.07, 6.45) is 0. The van der Waals surface area contributed by atoms with Gasteiger partial charge in [-0.3, -0.25) is 0 Å². The zero-order valence-electron chi connectivity index (χ0n) is 13.5. The third kappa shape index (κ3) is 3.30. The molecule has 3 rings (SSSR count). The molecule has 24 heavy (non-hydrogen) atoms. The number of rotatable bonds is 5. The van der Waals surface area contributed by atoms with Crippen LogP contribution in [-0.4, -0.2) is 17.6 Å². The van der Waals surface area contributed by atoms with Crippen LogP contribution in [0, 0.1) is 6.92 Å². The minimum atomic E-state index is -0.578. The predicted molar refractivity (Wildman–Crippen MR) is 89.2 cm³/mol. The highest BCUT2D eigenvalue weighted by Gasteiger charge is 2.21. The van der Waals surface area contributed by atoms with E-state index in [4.69, 9.17) is 13.9 Å². The van der Waals surface area contributed by atoms with Crippen LogP contribution in [0.3, 0.4) is 0 Å². The summed E-state index contributed by atoms with van der Waals surface area (Å²) in [5.74, 6) is 1.09. The SMILES string of the molecule is CCOc1ccccc1OC(=O)c1nc(-c2ccccc2)oc1C. The Labute approximate surface area is 139 Å². The lowest BCUT2D eigenvalue weighted by Gasteiger charge is -2.09. The van der Waals surface area contributed by atoms with E-state index in [2.05, 4.69) is 4.98 Å². The maximum Gasteiger partial charge on any atom is 0.366 e. The molecule has 5 nitrogen and oxygen atoms in total. The van der Waals surface area contributed by atoms with E-state index in [1.807, 2.05) is 43.3 Å². The number of oxazole rings is 1. The van der Waals surface area contributed by atoms with E-state index >= 15 is 0 Å². The molecular weight excluding hydrogens is 306 g/mol. The van der Waals surface area contributed by atoms with Gasteiger partial charge in [-0.25, -0.2) is 9.78 Å². The molecule has 0 unspecified atom stereocenters. The second kappa shape index (κ2) is 7.00. The summed E-state index contributed by atoms with van der Waals surface area (Å²) in [7, 11) is 0. The molecule has 0 bridgehead atoms. The standard InChI is InChI=1S/C19H17NO4/c1-3-22-15-11-7-8-12-16(15)24-19(21)17-13(2)23-18(20-17)14-9-5-4-6-10-14/h4-12H,3H2,1-2H3. The number of carbonyl (C=O) groups is 1. The normalized spacial score (nSPS) is 10.4. The summed E-state index contributed by atoms with van der Waals surface area (Å²) in [5, 5.41) is 0. The molecule has 0 saturated carbocycles. The van der Waals surface area contributed by atoms with Gasteiger partial charge in [-0.15, -0.1) is 0 Å². The van der Waals surface area contributed by atoms with E-state index in [-0.39, 0.29) is 5.69 Å². The van der Waals surface area contributed by atoms with Crippen LogP contribution in [-0.2, 0) is 0 Å². The van der Waals surface area contributed by atoms with Crippen molar-refractivity contribution in [2.24, 2.45) is 0 Å². The van der Waals surface area contributed by atoms with Crippen LogP contribution in [0.5, 0.6) is 11.5 Å². The monoisotopic (exact) mass is 323 g/mol. The van der Waals surface area contributed by atoms with Gasteiger partial charge in [-0.05, 0) is 38.1 Å². The van der Waals surface area contributed by atoms with Gasteiger partial charge in [0.2, 0.25) is 5.89 Å². The van der Waals surface area contributed by atoms with Crippen molar-refractivity contribution in [1.82, 2.24) is 4.98 Å². The van der Waals surface area contributed by atoms with Gasteiger partial charge in [0.1, 0.15) is 5.76 Å². The number of nitrogens with zero attached hydrogens (tertiary/aromatic N) is 1. The molecule has 0 saturated heterocycles. The summed E-state index contributed by atoms with van der Waals surface area (Å²) in [6, 6.07) is 16.4. The van der Waals surface area contributed by atoms with E-state index < -0.39 is 5.97 Å². The maximum atomic E-state index is 12.4. The molecule has 0 aliphatic rings. The van der Waals surface area contributed by atoms with Crippen molar-refractivity contribution < 1.29 is 18.7 Å². The van der Waals surface area contributed by atoms with E-state index in [1.54, 1.807) is 25.1 Å². The molecule has 1 heterocycles. The lowest BCUT2D eigenvalue weighted by atomic mass is 10.2. The van der Waals surface area contributed by atoms with Crippen LogP contribution in [0.1, 0.15) is 23.2 Å². The van der Waals surface area contributed by atoms with Crippen molar-refractivity contribution in [3.05, 3.63) is 66.1 Å². The molecule has 0 atom stereocenters. The second-order valence-electron chi connectivity index (χ2n) is 5.06. The second-order valence-corrected chi connectivity index (χ2v) is 5.06. The molecule has 0 aliphatic heterocycles. The van der Waals surface area contributed by atoms with Crippen LogP contribution < -0.4 is 9.47 Å². The van der Waals surface area contributed by atoms with Crippen LogP contribution >= 0.6 is 0 Å². The fraction of sp³-hybridized carbons (Fsp3) is 0.158. The van der Waals surface area contributed by atoms with E-state index in [0.717, 1.165) is 5.56 Å². The zero-order valence-corrected chi connectivity index (χ0v) is 13.5. The highest BCUT2D eigenvalue weighted by atomic mass is 16.6. The topological polar surface area (TPSA) is 61.6 Å². The number of carbonyl (C=O) groups excluding carboxylic acids is 1. The van der Waals surface area contributed by atoms with Crippen molar-refractivity contribution in [3.63, 3.8) is 0 Å². The molecule has 0 aliphatic carbocycles. The number of hydrogen-bond acceptors (Lipinski definition) is 5. The first-order valence-electron chi connectivity index (χ1n) is 7.66. The van der Waals surface area contributed by atoms with Gasteiger partial charge in [0.15, 0.2) is 17.2 Å². The number of para-hydroxylation sites is 2. The molecule has 0 N–H and O–H groups in total. The minimum absolute atomic E-state index is 0.153. The third-order valence-electron chi connectivity index (χ3n) is 3.36. The first-order chi connectivity index (χ1) is 11.7. The Morgan fingerprint density at radius 1 is 1.04 bits per heavy atom. The summed E-state index contributed by atoms with van der Waals surface area (Å²) >= 11 is 0. The van der Waals surface area contributed by atoms with E-state index in [1.165, 1.54) is 0 Å². The predicted octanol–water partition coefficient (Wildman–Crippen LogP) is 4.27. The number of benzene rings is 2. The molecule has 0 radical (unpaired) electrons. The van der Waals surface area contributed by atoms with Gasteiger partial charge in [-0.2, -0.15) is 0 Å². The third-order valence-corrected chi connectivity index (χ3v) is 3.36. The van der Waals surface area contributed by atoms with Gasteiger partial charge in [0.05, 0.1) is 6.61 Å². The highest BCUT2D eigenvalue weighted by Crippen LogP contribution is 2.28. The van der Waals surface area contributed by atoms with E-state index in [9.17, 15) is 4.79 Å². The smallest absolute Gasteiger partial charge is 0.366 e. The Morgan fingerprint density at radius 3 is 2.42 bits per heavy atom. The number of aromatic nitrogens is 1. The summed E-state index contributed by atoms with van der Waals surface area (Å²) in [5.41, 5.74) is 0.953. The van der Waals surface area contributed by atoms with Crippen LogP contribution in [0.25, 0.3) is 11.5 Å². The summed E-state index contributed by atoms with van der Waals surface area (Å²) in [4.78, 5) is 16.7. The summed E-state index contributed by atoms with van der Waals surface area (Å²) in [6.45, 7) is 4.03. The number of esters is 1. The Kier molecular flexibility index (Phi) is 4.61. The molecule has 0 amide bonds. The Morgan fingerprint density at radius 2 is 1.71 bits per heavy atom. The Hall–Kier alpha value is -3.08. The first-order valence-corrected chi connectivity index (χ1v) is 7.66. The van der Waals surface area contributed by atoms with Crippen molar-refractivity contribution >= 4 is 5.97 Å². The average molecular weight is 323 g/mol. The molecule has 0 spiro atoms. The quantitative estimate of drug-likeness (QED) is 0.518. The molecule has 5 heteroatoms. The summed E-state index contributed by atoms with van der Waals surface area (Å²) < 4.78 is 16.5.